The number of anilines is 2. The number of benzene rings is 2. The van der Waals surface area contributed by atoms with Gasteiger partial charge in [0.1, 0.15) is 0 Å². The van der Waals surface area contributed by atoms with E-state index >= 15 is 0 Å². The lowest BCUT2D eigenvalue weighted by atomic mass is 10.1. The van der Waals surface area contributed by atoms with E-state index in [0.29, 0.717) is 12.1 Å². The summed E-state index contributed by atoms with van der Waals surface area (Å²) in [6, 6.07) is 1.14. The van der Waals surface area contributed by atoms with E-state index in [0.717, 1.165) is 11.9 Å². The number of nitrogens with zero attached hydrogens (tertiary/aromatic N) is 4. The highest BCUT2D eigenvalue weighted by Crippen LogP contribution is 2.52. The molecule has 0 saturated carbocycles. The van der Waals surface area contributed by atoms with Crippen molar-refractivity contribution in [3.63, 3.8) is 0 Å². The molecule has 0 aliphatic carbocycles. The molecule has 2 rings (SSSR count). The summed E-state index contributed by atoms with van der Waals surface area (Å²) in [7, 11) is 1.16. The van der Waals surface area contributed by atoms with Crippen molar-refractivity contribution in [2.75, 3.05) is 11.9 Å². The highest BCUT2D eigenvalue weighted by Gasteiger charge is 2.35. The van der Waals surface area contributed by atoms with E-state index in [9.17, 15) is 30.3 Å². The summed E-state index contributed by atoms with van der Waals surface area (Å²) in [4.78, 5) is 31.8. The minimum absolute atomic E-state index is 0.191. The third-order valence-corrected chi connectivity index (χ3v) is 5.77. The van der Waals surface area contributed by atoms with Gasteiger partial charge in [-0.25, -0.2) is 0 Å². The van der Waals surface area contributed by atoms with Crippen molar-refractivity contribution in [3.8, 4) is 0 Å². The first-order valence-corrected chi connectivity index (χ1v) is 8.65. The lowest BCUT2D eigenvalue weighted by molar-refractivity contribution is -0.402. The Hall–Kier alpha value is -2.11. The molecule has 10 nitrogen and oxygen atoms in total. The van der Waals surface area contributed by atoms with Crippen LogP contribution in [0.4, 0.5) is 28.4 Å². The van der Waals surface area contributed by atoms with Crippen LogP contribution in [0.5, 0.6) is 0 Å². The lowest BCUT2D eigenvalue weighted by Crippen LogP contribution is -2.15. The summed E-state index contributed by atoms with van der Waals surface area (Å²) in [6.07, 6.45) is 0. The summed E-state index contributed by atoms with van der Waals surface area (Å²) in [5.41, 5.74) is -3.56. The minimum Gasteiger partial charge on any atom is -0.331 e. The van der Waals surface area contributed by atoms with Crippen LogP contribution in [0, 0.1) is 30.3 Å². The molecule has 0 atom stereocenters. The molecular formula is C13H5Cl5N4O6. The van der Waals surface area contributed by atoms with Gasteiger partial charge in [0.2, 0.25) is 0 Å². The summed E-state index contributed by atoms with van der Waals surface area (Å²) < 4.78 is 0. The number of nitro groups is 3. The van der Waals surface area contributed by atoms with Crippen LogP contribution in [0.15, 0.2) is 12.1 Å². The molecule has 0 amide bonds. The van der Waals surface area contributed by atoms with Gasteiger partial charge in [0.05, 0.1) is 57.7 Å². The molecule has 0 saturated heterocycles. The van der Waals surface area contributed by atoms with E-state index < -0.39 is 37.5 Å². The summed E-state index contributed by atoms with van der Waals surface area (Å²) in [6.45, 7) is 0. The molecule has 2 aromatic carbocycles. The Balaban J connectivity index is 2.94. The molecule has 0 aliphatic heterocycles. The van der Waals surface area contributed by atoms with Crippen molar-refractivity contribution in [1.82, 2.24) is 0 Å². The van der Waals surface area contributed by atoms with Crippen LogP contribution < -0.4 is 4.90 Å². The maximum absolute atomic E-state index is 11.5. The Morgan fingerprint density at radius 3 is 1.36 bits per heavy atom. The third kappa shape index (κ3) is 3.74. The average molecular weight is 490 g/mol. The van der Waals surface area contributed by atoms with Crippen molar-refractivity contribution < 1.29 is 14.8 Å². The van der Waals surface area contributed by atoms with Gasteiger partial charge in [-0.05, 0) is 0 Å². The maximum atomic E-state index is 11.5. The highest BCUT2D eigenvalue weighted by molar-refractivity contribution is 6.56. The molecule has 0 N–H and O–H groups in total. The zero-order valence-corrected chi connectivity index (χ0v) is 17.1. The second kappa shape index (κ2) is 8.10. The molecule has 0 radical (unpaired) electrons. The van der Waals surface area contributed by atoms with E-state index in [4.69, 9.17) is 58.0 Å². The van der Waals surface area contributed by atoms with Gasteiger partial charge in [-0.15, -0.1) is 0 Å². The fourth-order valence-corrected chi connectivity index (χ4v) is 3.70. The Kier molecular flexibility index (Phi) is 6.41. The highest BCUT2D eigenvalue weighted by atomic mass is 35.5. The molecule has 0 bridgehead atoms. The van der Waals surface area contributed by atoms with Crippen LogP contribution in [0.2, 0.25) is 25.1 Å². The number of hydrogen-bond acceptors (Lipinski definition) is 7. The molecule has 148 valence electrons. The molecule has 15 heteroatoms. The molecular weight excluding hydrogens is 485 g/mol. The van der Waals surface area contributed by atoms with Crippen LogP contribution in [-0.4, -0.2) is 21.8 Å². The topological polar surface area (TPSA) is 133 Å². The number of rotatable bonds is 5. The Labute approximate surface area is 180 Å². The van der Waals surface area contributed by atoms with Crippen molar-refractivity contribution in [1.29, 1.82) is 0 Å². The SMILES string of the molecule is CN(c1c([N+](=O)[O-])cc([N+](=O)[O-])cc1[N+](=O)[O-])c1c(Cl)c(Cl)c(Cl)c(Cl)c1Cl. The van der Waals surface area contributed by atoms with Gasteiger partial charge in [0.15, 0.2) is 5.69 Å². The van der Waals surface area contributed by atoms with E-state index in [1.165, 1.54) is 0 Å². The molecule has 28 heavy (non-hydrogen) atoms. The van der Waals surface area contributed by atoms with E-state index in [-0.39, 0.29) is 30.8 Å². The Morgan fingerprint density at radius 1 is 0.679 bits per heavy atom. The zero-order chi connectivity index (χ0) is 21.5. The van der Waals surface area contributed by atoms with Gasteiger partial charge in [-0.1, -0.05) is 58.0 Å². The zero-order valence-electron chi connectivity index (χ0n) is 13.3. The first-order valence-electron chi connectivity index (χ1n) is 6.76. The van der Waals surface area contributed by atoms with Crippen LogP contribution in [0.3, 0.4) is 0 Å². The Bertz CT molecular complexity index is 983. The van der Waals surface area contributed by atoms with Gasteiger partial charge in [0.25, 0.3) is 5.69 Å². The van der Waals surface area contributed by atoms with Crippen molar-refractivity contribution >= 4 is 86.4 Å². The molecule has 0 heterocycles. The smallest absolute Gasteiger partial charge is 0.306 e. The first-order chi connectivity index (χ1) is 12.9. The standard InChI is InChI=1S/C13H5Cl5N4O6/c1-19(13-10(17)8(15)7(14)9(16)11(13)18)12-5(21(25)26)2-4(20(23)24)3-6(12)22(27)28/h2-3H,1H3. The summed E-state index contributed by atoms with van der Waals surface area (Å²) in [5, 5.41) is 32.7. The van der Waals surface area contributed by atoms with Crippen molar-refractivity contribution in [2.24, 2.45) is 0 Å². The van der Waals surface area contributed by atoms with E-state index in [2.05, 4.69) is 0 Å². The molecule has 0 aliphatic rings. The molecule has 2 aromatic rings. The van der Waals surface area contributed by atoms with Gasteiger partial charge in [-0.2, -0.15) is 0 Å². The van der Waals surface area contributed by atoms with Gasteiger partial charge in [0, 0.05) is 7.05 Å². The third-order valence-electron chi connectivity index (χ3n) is 3.52. The maximum Gasteiger partial charge on any atom is 0.306 e. The van der Waals surface area contributed by atoms with E-state index in [1.54, 1.807) is 0 Å². The monoisotopic (exact) mass is 488 g/mol. The van der Waals surface area contributed by atoms with Crippen LogP contribution in [0.25, 0.3) is 0 Å². The average Bonchev–Trinajstić information content (AvgIpc) is 2.63. The fraction of sp³-hybridized carbons (Fsp3) is 0.0769. The predicted molar refractivity (Wildman–Crippen MR) is 106 cm³/mol. The number of hydrogen-bond donors (Lipinski definition) is 0. The van der Waals surface area contributed by atoms with Gasteiger partial charge >= 0.3 is 11.4 Å². The van der Waals surface area contributed by atoms with Crippen LogP contribution in [0.1, 0.15) is 0 Å². The van der Waals surface area contributed by atoms with Crippen LogP contribution >= 0.6 is 58.0 Å². The first kappa shape index (κ1) is 22.2. The van der Waals surface area contributed by atoms with Crippen LogP contribution in [-0.2, 0) is 0 Å². The summed E-state index contributed by atoms with van der Waals surface area (Å²) >= 11 is 30.1. The molecule has 0 aromatic heterocycles. The quantitative estimate of drug-likeness (QED) is 0.204. The lowest BCUT2D eigenvalue weighted by Gasteiger charge is -2.23. The minimum atomic E-state index is -1.02. The second-order valence-corrected chi connectivity index (χ2v) is 6.97. The van der Waals surface area contributed by atoms with Gasteiger partial charge < -0.3 is 4.90 Å². The number of non-ortho nitro benzene ring substituents is 1. The number of nitro benzene ring substituents is 3. The largest absolute Gasteiger partial charge is 0.331 e. The molecule has 0 spiro atoms. The molecule has 0 unspecified atom stereocenters. The Morgan fingerprint density at radius 2 is 1.04 bits per heavy atom. The number of halogens is 5. The summed E-state index contributed by atoms with van der Waals surface area (Å²) in [5.74, 6) is 0. The predicted octanol–water partition coefficient (Wildman–Crippen LogP) is 6.45. The fourth-order valence-electron chi connectivity index (χ4n) is 2.32. The second-order valence-electron chi connectivity index (χ2n) is 5.08. The van der Waals surface area contributed by atoms with Crippen molar-refractivity contribution in [2.45, 2.75) is 0 Å². The normalized spacial score (nSPS) is 10.6. The van der Waals surface area contributed by atoms with Crippen molar-refractivity contribution in [3.05, 3.63) is 67.6 Å². The van der Waals surface area contributed by atoms with Gasteiger partial charge in [-0.3, -0.25) is 30.3 Å². The van der Waals surface area contributed by atoms with E-state index in [1.807, 2.05) is 0 Å². The molecule has 0 fully saturated rings.